The highest BCUT2D eigenvalue weighted by molar-refractivity contribution is 14.1. The fourth-order valence-electron chi connectivity index (χ4n) is 1.66. The van der Waals surface area contributed by atoms with Crippen molar-refractivity contribution in [2.45, 2.75) is 0 Å². The van der Waals surface area contributed by atoms with E-state index in [0.29, 0.717) is 13.1 Å². The quantitative estimate of drug-likeness (QED) is 0.837. The monoisotopic (exact) mass is 317 g/mol. The Morgan fingerprint density at radius 3 is 2.87 bits per heavy atom. The van der Waals surface area contributed by atoms with Crippen molar-refractivity contribution in [3.05, 3.63) is 33.4 Å². The van der Waals surface area contributed by atoms with Crippen LogP contribution in [-0.4, -0.2) is 35.6 Å². The molecule has 1 fully saturated rings. The van der Waals surface area contributed by atoms with Crippen LogP contribution in [0.3, 0.4) is 0 Å². The van der Waals surface area contributed by atoms with Crippen molar-refractivity contribution >= 4 is 28.5 Å². The first-order valence-corrected chi connectivity index (χ1v) is 5.94. The second kappa shape index (κ2) is 4.49. The van der Waals surface area contributed by atoms with Crippen molar-refractivity contribution in [1.29, 1.82) is 0 Å². The fraction of sp³-hybridized carbons (Fsp3) is 0.364. The maximum absolute atomic E-state index is 11.9. The van der Waals surface area contributed by atoms with E-state index in [1.165, 1.54) is 0 Å². The smallest absolute Gasteiger partial charge is 0.253 e. The molecule has 1 N–H and O–H groups in total. The highest BCUT2D eigenvalue weighted by atomic mass is 127. The molecule has 0 unspecified atom stereocenters. The van der Waals surface area contributed by atoms with Crippen LogP contribution in [0.25, 0.3) is 0 Å². The van der Waals surface area contributed by atoms with Crippen LogP contribution in [0.4, 0.5) is 0 Å². The Bertz CT molecular complexity index is 375. The summed E-state index contributed by atoms with van der Waals surface area (Å²) in [6.07, 6.45) is 0. The van der Waals surface area contributed by atoms with Gasteiger partial charge in [-0.2, -0.15) is 0 Å². The fourth-order valence-corrected chi connectivity index (χ4v) is 2.20. The molecule has 0 radical (unpaired) electrons. The highest BCUT2D eigenvalue weighted by Gasteiger charge is 2.30. The zero-order valence-electron chi connectivity index (χ0n) is 8.19. The summed E-state index contributed by atoms with van der Waals surface area (Å²) in [7, 11) is 0. The van der Waals surface area contributed by atoms with Crippen molar-refractivity contribution in [1.82, 2.24) is 4.90 Å². The van der Waals surface area contributed by atoms with E-state index in [2.05, 4.69) is 22.6 Å². The van der Waals surface area contributed by atoms with Crippen LogP contribution < -0.4 is 0 Å². The second-order valence-corrected chi connectivity index (χ2v) is 5.01. The predicted octanol–water partition coefficient (Wildman–Crippen LogP) is 1.36. The first-order chi connectivity index (χ1) is 7.20. The number of amides is 1. The summed E-state index contributed by atoms with van der Waals surface area (Å²) in [4.78, 5) is 13.7. The molecule has 0 spiro atoms. The molecular formula is C11H12INO2. The van der Waals surface area contributed by atoms with Gasteiger partial charge in [-0.15, -0.1) is 0 Å². The third-order valence-corrected chi connectivity index (χ3v) is 3.25. The van der Waals surface area contributed by atoms with E-state index in [0.717, 1.165) is 9.13 Å². The largest absolute Gasteiger partial charge is 0.396 e. The van der Waals surface area contributed by atoms with Crippen LogP contribution in [0, 0.1) is 9.49 Å². The summed E-state index contributed by atoms with van der Waals surface area (Å²) >= 11 is 2.19. The van der Waals surface area contributed by atoms with E-state index in [-0.39, 0.29) is 18.4 Å². The number of rotatable bonds is 2. The van der Waals surface area contributed by atoms with Gasteiger partial charge in [0, 0.05) is 34.7 Å². The molecule has 1 aromatic carbocycles. The summed E-state index contributed by atoms with van der Waals surface area (Å²) in [6.45, 7) is 1.54. The van der Waals surface area contributed by atoms with E-state index in [4.69, 9.17) is 5.11 Å². The van der Waals surface area contributed by atoms with E-state index in [1.807, 2.05) is 24.3 Å². The molecule has 4 heteroatoms. The lowest BCUT2D eigenvalue weighted by atomic mass is 10.00. The maximum Gasteiger partial charge on any atom is 0.253 e. The Balaban J connectivity index is 2.03. The third-order valence-electron chi connectivity index (χ3n) is 2.57. The van der Waals surface area contributed by atoms with Gasteiger partial charge in [0.25, 0.3) is 5.91 Å². The van der Waals surface area contributed by atoms with Gasteiger partial charge in [-0.3, -0.25) is 4.79 Å². The molecule has 0 aliphatic carbocycles. The topological polar surface area (TPSA) is 40.5 Å². The van der Waals surface area contributed by atoms with Crippen molar-refractivity contribution < 1.29 is 9.90 Å². The molecule has 1 aliphatic heterocycles. The SMILES string of the molecule is O=C(c1cccc(I)c1)N1CC(CO)C1. The summed E-state index contributed by atoms with van der Waals surface area (Å²) in [5, 5.41) is 8.86. The van der Waals surface area contributed by atoms with Gasteiger partial charge in [-0.05, 0) is 40.8 Å². The standard InChI is InChI=1S/C11H12INO2/c12-10-3-1-2-9(4-10)11(15)13-5-8(6-13)7-14/h1-4,8,14H,5-7H2. The number of aliphatic hydroxyl groups excluding tert-OH is 1. The van der Waals surface area contributed by atoms with Gasteiger partial charge in [0.1, 0.15) is 0 Å². The molecule has 1 aromatic rings. The average Bonchev–Trinajstić information content (AvgIpc) is 2.16. The Labute approximate surface area is 102 Å². The number of halogens is 1. The van der Waals surface area contributed by atoms with Crippen LogP contribution in [0.5, 0.6) is 0 Å². The zero-order chi connectivity index (χ0) is 10.8. The number of aliphatic hydroxyl groups is 1. The van der Waals surface area contributed by atoms with Crippen molar-refractivity contribution in [2.24, 2.45) is 5.92 Å². The number of hydrogen-bond acceptors (Lipinski definition) is 2. The second-order valence-electron chi connectivity index (χ2n) is 3.77. The van der Waals surface area contributed by atoms with Crippen LogP contribution in [0.1, 0.15) is 10.4 Å². The van der Waals surface area contributed by atoms with Crippen LogP contribution in [0.2, 0.25) is 0 Å². The minimum absolute atomic E-state index is 0.0678. The normalized spacial score (nSPS) is 16.3. The molecule has 1 heterocycles. The highest BCUT2D eigenvalue weighted by Crippen LogP contribution is 2.18. The number of likely N-dealkylation sites (tertiary alicyclic amines) is 1. The van der Waals surface area contributed by atoms with Crippen molar-refractivity contribution in [3.8, 4) is 0 Å². The van der Waals surface area contributed by atoms with Crippen molar-refractivity contribution in [3.63, 3.8) is 0 Å². The van der Waals surface area contributed by atoms with E-state index in [9.17, 15) is 4.79 Å². The summed E-state index contributed by atoms with van der Waals surface area (Å²) < 4.78 is 1.07. The molecule has 15 heavy (non-hydrogen) atoms. The minimum atomic E-state index is 0.0678. The van der Waals surface area contributed by atoms with Gasteiger partial charge in [0.15, 0.2) is 0 Å². The van der Waals surface area contributed by atoms with Crippen LogP contribution >= 0.6 is 22.6 Å². The lowest BCUT2D eigenvalue weighted by Crippen LogP contribution is -2.51. The molecule has 2 rings (SSSR count). The van der Waals surface area contributed by atoms with Crippen LogP contribution in [0.15, 0.2) is 24.3 Å². The minimum Gasteiger partial charge on any atom is -0.396 e. The molecule has 3 nitrogen and oxygen atoms in total. The molecule has 0 saturated carbocycles. The maximum atomic E-state index is 11.9. The summed E-state index contributed by atoms with van der Waals surface area (Å²) in [5.74, 6) is 0.343. The molecule has 0 aromatic heterocycles. The predicted molar refractivity (Wildman–Crippen MR) is 65.6 cm³/mol. The van der Waals surface area contributed by atoms with Gasteiger partial charge < -0.3 is 10.0 Å². The average molecular weight is 317 g/mol. The van der Waals surface area contributed by atoms with E-state index < -0.39 is 0 Å². The Kier molecular flexibility index (Phi) is 3.25. The van der Waals surface area contributed by atoms with Gasteiger partial charge in [-0.1, -0.05) is 6.07 Å². The third kappa shape index (κ3) is 2.31. The zero-order valence-corrected chi connectivity index (χ0v) is 10.3. The lowest BCUT2D eigenvalue weighted by molar-refractivity contribution is 0.0362. The lowest BCUT2D eigenvalue weighted by Gasteiger charge is -2.38. The molecule has 0 bridgehead atoms. The number of carbonyl (C=O) groups excluding carboxylic acids is 1. The van der Waals surface area contributed by atoms with Crippen LogP contribution in [-0.2, 0) is 0 Å². The van der Waals surface area contributed by atoms with Gasteiger partial charge in [0.05, 0.1) is 0 Å². The number of hydrogen-bond donors (Lipinski definition) is 1. The molecule has 0 atom stereocenters. The van der Waals surface area contributed by atoms with E-state index >= 15 is 0 Å². The Morgan fingerprint density at radius 1 is 1.53 bits per heavy atom. The molecule has 1 amide bonds. The first-order valence-electron chi connectivity index (χ1n) is 4.86. The number of nitrogens with zero attached hydrogens (tertiary/aromatic N) is 1. The van der Waals surface area contributed by atoms with E-state index in [1.54, 1.807) is 4.90 Å². The molecule has 1 aliphatic rings. The van der Waals surface area contributed by atoms with Crippen molar-refractivity contribution in [2.75, 3.05) is 19.7 Å². The Hall–Kier alpha value is -0.620. The number of benzene rings is 1. The Morgan fingerprint density at radius 2 is 2.27 bits per heavy atom. The first kappa shape index (κ1) is 10.9. The van der Waals surface area contributed by atoms with Gasteiger partial charge in [0.2, 0.25) is 0 Å². The summed E-state index contributed by atoms with van der Waals surface area (Å²) in [6, 6.07) is 7.56. The molecular weight excluding hydrogens is 305 g/mol. The number of carbonyl (C=O) groups is 1. The van der Waals surface area contributed by atoms with Gasteiger partial charge >= 0.3 is 0 Å². The summed E-state index contributed by atoms with van der Waals surface area (Å²) in [5.41, 5.74) is 0.735. The van der Waals surface area contributed by atoms with Gasteiger partial charge in [-0.25, -0.2) is 0 Å². The molecule has 80 valence electrons. The molecule has 1 saturated heterocycles.